The second kappa shape index (κ2) is 6.02. The molecule has 122 valence electrons. The van der Waals surface area contributed by atoms with E-state index in [1.807, 2.05) is 6.92 Å². The maximum absolute atomic E-state index is 13.3. The van der Waals surface area contributed by atoms with Crippen LogP contribution in [0.3, 0.4) is 0 Å². The van der Waals surface area contributed by atoms with E-state index in [0.29, 0.717) is 16.7 Å². The van der Waals surface area contributed by atoms with E-state index in [9.17, 15) is 14.0 Å². The molecule has 5 nitrogen and oxygen atoms in total. The molecule has 1 heterocycles. The lowest BCUT2D eigenvalue weighted by Gasteiger charge is -2.13. The second-order valence-electron chi connectivity index (χ2n) is 6.01. The Kier molecular flexibility index (Phi) is 4.07. The molecule has 1 fully saturated rings. The molecule has 0 bridgehead atoms. The third-order valence-corrected chi connectivity index (χ3v) is 4.08. The van der Waals surface area contributed by atoms with E-state index in [1.54, 1.807) is 13.0 Å². The van der Waals surface area contributed by atoms with Gasteiger partial charge in [0.2, 0.25) is 11.8 Å². The number of nitrogens with one attached hydrogen (secondary N) is 2. The van der Waals surface area contributed by atoms with Crippen molar-refractivity contribution in [3.05, 3.63) is 35.3 Å². The Bertz CT molecular complexity index is 765. The van der Waals surface area contributed by atoms with Crippen molar-refractivity contribution in [1.29, 1.82) is 0 Å². The molecule has 1 atom stereocenters. The molecule has 1 aliphatic rings. The van der Waals surface area contributed by atoms with Crippen LogP contribution in [0.1, 0.15) is 37.1 Å². The van der Waals surface area contributed by atoms with E-state index >= 15 is 0 Å². The number of amides is 2. The number of rotatable bonds is 5. The Labute approximate surface area is 133 Å². The summed E-state index contributed by atoms with van der Waals surface area (Å²) in [4.78, 5) is 23.5. The Balaban J connectivity index is 1.65. The summed E-state index contributed by atoms with van der Waals surface area (Å²) in [5, 5.41) is 6.10. The maximum atomic E-state index is 13.3. The van der Waals surface area contributed by atoms with Gasteiger partial charge in [0, 0.05) is 16.9 Å². The largest absolute Gasteiger partial charge is 0.459 e. The molecule has 23 heavy (non-hydrogen) atoms. The van der Waals surface area contributed by atoms with Gasteiger partial charge in [-0.05, 0) is 44.9 Å². The van der Waals surface area contributed by atoms with E-state index in [-0.39, 0.29) is 36.1 Å². The van der Waals surface area contributed by atoms with Gasteiger partial charge in [-0.1, -0.05) is 0 Å². The Morgan fingerprint density at radius 3 is 2.83 bits per heavy atom. The predicted octanol–water partition coefficient (Wildman–Crippen LogP) is 2.58. The average molecular weight is 318 g/mol. The Hall–Kier alpha value is -2.37. The number of furan rings is 1. The molecule has 2 N–H and O–H groups in total. The van der Waals surface area contributed by atoms with Crippen molar-refractivity contribution < 1.29 is 18.4 Å². The van der Waals surface area contributed by atoms with Crippen molar-refractivity contribution in [2.45, 2.75) is 32.7 Å². The first-order valence-corrected chi connectivity index (χ1v) is 7.71. The fourth-order valence-electron chi connectivity index (χ4n) is 2.64. The number of halogens is 1. The number of hydrogen-bond acceptors (Lipinski definition) is 3. The van der Waals surface area contributed by atoms with Gasteiger partial charge >= 0.3 is 0 Å². The van der Waals surface area contributed by atoms with Crippen molar-refractivity contribution in [3.63, 3.8) is 0 Å². The van der Waals surface area contributed by atoms with Crippen LogP contribution in [0.15, 0.2) is 22.6 Å². The number of carbonyl (C=O) groups excluding carboxylic acids is 2. The Morgan fingerprint density at radius 1 is 1.39 bits per heavy atom. The summed E-state index contributed by atoms with van der Waals surface area (Å²) in [6.07, 6.45) is 1.80. The fourth-order valence-corrected chi connectivity index (χ4v) is 2.64. The molecule has 2 aromatic rings. The summed E-state index contributed by atoms with van der Waals surface area (Å²) in [5.41, 5.74) is 1.39. The molecule has 2 amide bonds. The van der Waals surface area contributed by atoms with Crippen molar-refractivity contribution in [3.8, 4) is 0 Å². The lowest BCUT2D eigenvalue weighted by molar-refractivity contribution is -0.127. The van der Waals surface area contributed by atoms with Crippen LogP contribution in [0, 0.1) is 18.7 Å². The first-order valence-electron chi connectivity index (χ1n) is 7.71. The predicted molar refractivity (Wildman–Crippen MR) is 83.2 cm³/mol. The molecule has 0 saturated heterocycles. The molecule has 1 unspecified atom stereocenters. The summed E-state index contributed by atoms with van der Waals surface area (Å²) >= 11 is 0. The topological polar surface area (TPSA) is 71.3 Å². The van der Waals surface area contributed by atoms with Gasteiger partial charge in [-0.2, -0.15) is 0 Å². The van der Waals surface area contributed by atoms with Gasteiger partial charge in [-0.3, -0.25) is 9.59 Å². The lowest BCUT2D eigenvalue weighted by atomic mass is 10.1. The van der Waals surface area contributed by atoms with E-state index in [4.69, 9.17) is 4.42 Å². The molecule has 0 spiro atoms. The van der Waals surface area contributed by atoms with Gasteiger partial charge in [0.05, 0.1) is 12.6 Å². The monoisotopic (exact) mass is 318 g/mol. The molecule has 1 saturated carbocycles. The van der Waals surface area contributed by atoms with Crippen LogP contribution < -0.4 is 10.6 Å². The van der Waals surface area contributed by atoms with Crippen molar-refractivity contribution in [2.24, 2.45) is 5.92 Å². The molecule has 1 aromatic carbocycles. The minimum Gasteiger partial charge on any atom is -0.459 e. The van der Waals surface area contributed by atoms with Crippen LogP contribution in [-0.4, -0.2) is 18.4 Å². The molecule has 3 rings (SSSR count). The van der Waals surface area contributed by atoms with Crippen molar-refractivity contribution in [2.75, 3.05) is 6.54 Å². The highest BCUT2D eigenvalue weighted by molar-refractivity contribution is 5.87. The number of hydrogen-bond donors (Lipinski definition) is 2. The van der Waals surface area contributed by atoms with Gasteiger partial charge in [0.1, 0.15) is 17.2 Å². The van der Waals surface area contributed by atoms with Crippen LogP contribution in [0.25, 0.3) is 11.0 Å². The minimum absolute atomic E-state index is 0.0480. The zero-order valence-electron chi connectivity index (χ0n) is 13.1. The molecular weight excluding hydrogens is 299 g/mol. The molecule has 1 aromatic heterocycles. The summed E-state index contributed by atoms with van der Waals surface area (Å²) in [6, 6.07) is 3.97. The highest BCUT2D eigenvalue weighted by Gasteiger charge is 2.29. The lowest BCUT2D eigenvalue weighted by Crippen LogP contribution is -2.38. The first kappa shape index (κ1) is 15.5. The molecule has 1 aliphatic carbocycles. The molecular formula is C17H19FN2O3. The van der Waals surface area contributed by atoms with Gasteiger partial charge < -0.3 is 15.1 Å². The standard InChI is InChI=1S/C17H19FN2O3/c1-9-13-7-12(18)5-6-14(13)23-16(9)10(2)20-15(21)8-19-17(22)11-3-4-11/h5-7,10-11H,3-4,8H2,1-2H3,(H,19,22)(H,20,21). The number of aryl methyl sites for hydroxylation is 1. The van der Waals surface area contributed by atoms with Gasteiger partial charge in [0.15, 0.2) is 0 Å². The Morgan fingerprint density at radius 2 is 2.13 bits per heavy atom. The summed E-state index contributed by atoms with van der Waals surface area (Å²) in [7, 11) is 0. The van der Waals surface area contributed by atoms with Crippen LogP contribution in [0.4, 0.5) is 4.39 Å². The first-order chi connectivity index (χ1) is 11.0. The highest BCUT2D eigenvalue weighted by atomic mass is 19.1. The smallest absolute Gasteiger partial charge is 0.239 e. The number of benzene rings is 1. The molecule has 0 radical (unpaired) electrons. The van der Waals surface area contributed by atoms with E-state index < -0.39 is 0 Å². The van der Waals surface area contributed by atoms with Gasteiger partial charge in [-0.25, -0.2) is 4.39 Å². The molecule has 6 heteroatoms. The molecule has 0 aliphatic heterocycles. The number of fused-ring (bicyclic) bond motifs is 1. The normalized spacial score (nSPS) is 15.4. The zero-order valence-corrected chi connectivity index (χ0v) is 13.1. The van der Waals surface area contributed by atoms with Gasteiger partial charge in [-0.15, -0.1) is 0 Å². The third kappa shape index (κ3) is 3.36. The average Bonchev–Trinajstić information content (AvgIpc) is 3.31. The number of carbonyl (C=O) groups is 2. The summed E-state index contributed by atoms with van der Waals surface area (Å²) < 4.78 is 19.1. The summed E-state index contributed by atoms with van der Waals surface area (Å²) in [5.74, 6) is -0.00614. The zero-order chi connectivity index (χ0) is 16.6. The fraction of sp³-hybridized carbons (Fsp3) is 0.412. The van der Waals surface area contributed by atoms with E-state index in [2.05, 4.69) is 10.6 Å². The van der Waals surface area contributed by atoms with Crippen LogP contribution in [-0.2, 0) is 9.59 Å². The quantitative estimate of drug-likeness (QED) is 0.890. The maximum Gasteiger partial charge on any atom is 0.239 e. The van der Waals surface area contributed by atoms with Crippen LogP contribution in [0.5, 0.6) is 0 Å². The SMILES string of the molecule is Cc1c(C(C)NC(=O)CNC(=O)C2CC2)oc2ccc(F)cc12. The third-order valence-electron chi connectivity index (χ3n) is 4.08. The highest BCUT2D eigenvalue weighted by Crippen LogP contribution is 2.30. The van der Waals surface area contributed by atoms with E-state index in [0.717, 1.165) is 18.4 Å². The second-order valence-corrected chi connectivity index (χ2v) is 6.01. The van der Waals surface area contributed by atoms with Crippen molar-refractivity contribution in [1.82, 2.24) is 10.6 Å². The summed E-state index contributed by atoms with van der Waals surface area (Å²) in [6.45, 7) is 3.58. The van der Waals surface area contributed by atoms with Crippen LogP contribution in [0.2, 0.25) is 0 Å². The van der Waals surface area contributed by atoms with Crippen LogP contribution >= 0.6 is 0 Å². The van der Waals surface area contributed by atoms with Gasteiger partial charge in [0.25, 0.3) is 0 Å². The van der Waals surface area contributed by atoms with E-state index in [1.165, 1.54) is 12.1 Å². The van der Waals surface area contributed by atoms with Crippen molar-refractivity contribution >= 4 is 22.8 Å². The minimum atomic E-state index is -0.365.